The Labute approximate surface area is 327 Å². The van der Waals surface area contributed by atoms with E-state index in [0.717, 1.165) is 33.8 Å². The summed E-state index contributed by atoms with van der Waals surface area (Å²) in [5.41, 5.74) is 19.9. The van der Waals surface area contributed by atoms with Crippen molar-refractivity contribution in [3.8, 4) is 44.5 Å². The predicted molar refractivity (Wildman–Crippen MR) is 230 cm³/mol. The first-order valence-electron chi connectivity index (χ1n) is 19.6. The number of benzene rings is 8. The molecule has 9 aromatic rings. The van der Waals surface area contributed by atoms with Gasteiger partial charge in [-0.1, -0.05) is 172 Å². The molecular formula is C54H37NO. The average molecular weight is 716 g/mol. The maximum atomic E-state index is 7.19. The van der Waals surface area contributed by atoms with Crippen LogP contribution in [0.25, 0.3) is 55.5 Å². The van der Waals surface area contributed by atoms with Gasteiger partial charge in [-0.05, 0) is 86.0 Å². The van der Waals surface area contributed by atoms with Gasteiger partial charge in [-0.2, -0.15) is 0 Å². The molecule has 12 rings (SSSR count). The first kappa shape index (κ1) is 31.5. The second-order valence-corrected chi connectivity index (χ2v) is 16.0. The molecule has 0 radical (unpaired) electrons. The minimum absolute atomic E-state index is 0.152. The van der Waals surface area contributed by atoms with Crippen LogP contribution in [0.15, 0.2) is 192 Å². The van der Waals surface area contributed by atoms with Crippen molar-refractivity contribution in [2.24, 2.45) is 0 Å². The van der Waals surface area contributed by atoms with Gasteiger partial charge in [0.1, 0.15) is 16.8 Å². The summed E-state index contributed by atoms with van der Waals surface area (Å²) < 4.78 is 7.19. The highest BCUT2D eigenvalue weighted by molar-refractivity contribution is 6.09. The Bertz CT molecular complexity index is 3030. The lowest BCUT2D eigenvalue weighted by Gasteiger charge is -2.32. The molecule has 1 aromatic heterocycles. The summed E-state index contributed by atoms with van der Waals surface area (Å²) in [6, 6.07) is 69.1. The third kappa shape index (κ3) is 3.95. The van der Waals surface area contributed by atoms with Gasteiger partial charge in [0.25, 0.3) is 0 Å². The molecule has 0 atom stereocenters. The molecule has 8 aromatic carbocycles. The van der Waals surface area contributed by atoms with Gasteiger partial charge in [0.05, 0.1) is 11.4 Å². The van der Waals surface area contributed by atoms with Gasteiger partial charge in [-0.25, -0.2) is 0 Å². The van der Waals surface area contributed by atoms with Crippen LogP contribution in [0.1, 0.15) is 47.4 Å². The molecule has 264 valence electrons. The first-order valence-corrected chi connectivity index (χ1v) is 19.6. The minimum atomic E-state index is -0.612. The summed E-state index contributed by atoms with van der Waals surface area (Å²) in [6.45, 7) is 4.74. The number of hydrogen-bond acceptors (Lipinski definition) is 2. The van der Waals surface area contributed by atoms with E-state index in [0.29, 0.717) is 0 Å². The van der Waals surface area contributed by atoms with E-state index in [1.165, 1.54) is 72.3 Å². The number of nitrogens with zero attached hydrogens (tertiary/aromatic N) is 1. The van der Waals surface area contributed by atoms with Crippen LogP contribution < -0.4 is 4.90 Å². The van der Waals surface area contributed by atoms with Crippen molar-refractivity contribution in [3.63, 3.8) is 0 Å². The van der Waals surface area contributed by atoms with Gasteiger partial charge in [0.2, 0.25) is 0 Å². The van der Waals surface area contributed by atoms with E-state index >= 15 is 0 Å². The molecule has 3 aliphatic carbocycles. The zero-order chi connectivity index (χ0) is 37.2. The lowest BCUT2D eigenvalue weighted by atomic mass is 9.73. The molecule has 1 heterocycles. The minimum Gasteiger partial charge on any atom is -0.459 e. The summed E-state index contributed by atoms with van der Waals surface area (Å²) in [7, 11) is 0. The lowest BCUT2D eigenvalue weighted by molar-refractivity contribution is 0.507. The fourth-order valence-electron chi connectivity index (χ4n) is 10.5. The standard InChI is InChI=1S/C54H37NO/c1-53(2)42-24-11-6-20-37(42)40-32-31-35(33-46(40)53)55(47-28-14-9-19-36(47)34-17-4-3-5-18-34)48-29-16-27-45-51(48)50-41-23-10-15-30-49(41)56-52(50)54(45)43-25-12-7-21-38(43)39-22-8-13-26-44(39)54/h3-33H,1-2H3. The average Bonchev–Trinajstić information content (AvgIpc) is 3.94. The quantitative estimate of drug-likeness (QED) is 0.180. The maximum absolute atomic E-state index is 7.19. The Morgan fingerprint density at radius 1 is 0.411 bits per heavy atom. The lowest BCUT2D eigenvalue weighted by Crippen LogP contribution is -2.25. The van der Waals surface area contributed by atoms with Crippen LogP contribution in [0.2, 0.25) is 0 Å². The van der Waals surface area contributed by atoms with Gasteiger partial charge in [-0.15, -0.1) is 0 Å². The third-order valence-electron chi connectivity index (χ3n) is 12.9. The van der Waals surface area contributed by atoms with Crippen LogP contribution in [0.4, 0.5) is 17.1 Å². The van der Waals surface area contributed by atoms with Crippen LogP contribution in [0.5, 0.6) is 0 Å². The molecule has 0 N–H and O–H groups in total. The van der Waals surface area contributed by atoms with Crippen LogP contribution >= 0.6 is 0 Å². The Hall–Kier alpha value is -6.90. The van der Waals surface area contributed by atoms with Crippen LogP contribution in [0.3, 0.4) is 0 Å². The number of fused-ring (bicyclic) bond motifs is 15. The summed E-state index contributed by atoms with van der Waals surface area (Å²) in [4.78, 5) is 2.53. The van der Waals surface area contributed by atoms with Gasteiger partial charge in [0.15, 0.2) is 0 Å². The maximum Gasteiger partial charge on any atom is 0.135 e. The fraction of sp³-hybridized carbons (Fsp3) is 0.0741. The van der Waals surface area contributed by atoms with Crippen molar-refractivity contribution >= 4 is 28.0 Å². The molecule has 2 nitrogen and oxygen atoms in total. The number of anilines is 3. The van der Waals surface area contributed by atoms with Crippen LogP contribution in [-0.2, 0) is 10.8 Å². The monoisotopic (exact) mass is 715 g/mol. The molecule has 0 bridgehead atoms. The van der Waals surface area contributed by atoms with E-state index in [4.69, 9.17) is 4.42 Å². The van der Waals surface area contributed by atoms with Crippen LogP contribution in [0, 0.1) is 0 Å². The summed E-state index contributed by atoms with van der Waals surface area (Å²) in [6.07, 6.45) is 0. The zero-order valence-electron chi connectivity index (χ0n) is 31.3. The molecule has 56 heavy (non-hydrogen) atoms. The van der Waals surface area contributed by atoms with E-state index in [1.807, 2.05) is 0 Å². The van der Waals surface area contributed by atoms with Gasteiger partial charge >= 0.3 is 0 Å². The highest BCUT2D eigenvalue weighted by Crippen LogP contribution is 2.66. The van der Waals surface area contributed by atoms with Crippen molar-refractivity contribution < 1.29 is 4.42 Å². The molecule has 0 fully saturated rings. The van der Waals surface area contributed by atoms with Crippen molar-refractivity contribution in [1.29, 1.82) is 0 Å². The Kier molecular flexibility index (Phi) is 6.36. The second-order valence-electron chi connectivity index (χ2n) is 16.0. The first-order chi connectivity index (χ1) is 27.6. The Balaban J connectivity index is 1.21. The molecule has 0 saturated heterocycles. The van der Waals surface area contributed by atoms with Crippen LogP contribution in [-0.4, -0.2) is 0 Å². The molecule has 0 aliphatic heterocycles. The van der Waals surface area contributed by atoms with Gasteiger partial charge in [0, 0.05) is 33.2 Å². The molecule has 0 unspecified atom stereocenters. The topological polar surface area (TPSA) is 16.4 Å². The predicted octanol–water partition coefficient (Wildman–Crippen LogP) is 14.2. The summed E-state index contributed by atoms with van der Waals surface area (Å²) in [5, 5.41) is 1.14. The number of hydrogen-bond donors (Lipinski definition) is 0. The third-order valence-corrected chi connectivity index (χ3v) is 12.9. The second kappa shape index (κ2) is 11.3. The molecule has 0 amide bonds. The Morgan fingerprint density at radius 3 is 1.71 bits per heavy atom. The van der Waals surface area contributed by atoms with Gasteiger partial charge in [-0.3, -0.25) is 0 Å². The van der Waals surface area contributed by atoms with E-state index in [2.05, 4.69) is 207 Å². The van der Waals surface area contributed by atoms with E-state index < -0.39 is 5.41 Å². The number of rotatable bonds is 4. The van der Waals surface area contributed by atoms with E-state index in [-0.39, 0.29) is 5.41 Å². The normalized spacial score (nSPS) is 14.5. The number of para-hydroxylation sites is 2. The van der Waals surface area contributed by atoms with Crippen molar-refractivity contribution in [2.75, 3.05) is 4.90 Å². The fourth-order valence-corrected chi connectivity index (χ4v) is 10.5. The number of furan rings is 1. The largest absolute Gasteiger partial charge is 0.459 e. The molecule has 1 spiro atoms. The smallest absolute Gasteiger partial charge is 0.135 e. The zero-order valence-corrected chi connectivity index (χ0v) is 31.3. The van der Waals surface area contributed by atoms with E-state index in [9.17, 15) is 0 Å². The summed E-state index contributed by atoms with van der Waals surface area (Å²) in [5.74, 6) is 1.00. The molecule has 3 aliphatic rings. The van der Waals surface area contributed by atoms with Crippen molar-refractivity contribution in [3.05, 3.63) is 222 Å². The Morgan fingerprint density at radius 2 is 0.964 bits per heavy atom. The van der Waals surface area contributed by atoms with Crippen molar-refractivity contribution in [2.45, 2.75) is 24.7 Å². The SMILES string of the molecule is CC1(C)c2ccccc2-c2ccc(N(c3ccccc3-c3ccccc3)c3cccc4c3-c3c(oc5ccccc35)C43c4ccccc4-c4ccccc43)cc21. The molecule has 2 heteroatoms. The highest BCUT2D eigenvalue weighted by Gasteiger charge is 2.56. The van der Waals surface area contributed by atoms with E-state index in [1.54, 1.807) is 0 Å². The highest BCUT2D eigenvalue weighted by atomic mass is 16.3. The molecular weight excluding hydrogens is 679 g/mol. The van der Waals surface area contributed by atoms with Crippen molar-refractivity contribution in [1.82, 2.24) is 0 Å². The summed E-state index contributed by atoms with van der Waals surface area (Å²) >= 11 is 0. The molecule has 0 saturated carbocycles. The van der Waals surface area contributed by atoms with Gasteiger partial charge < -0.3 is 9.32 Å².